The van der Waals surface area contributed by atoms with Crippen LogP contribution >= 0.6 is 0 Å². The maximum absolute atomic E-state index is 12.1. The van der Waals surface area contributed by atoms with Gasteiger partial charge in [0.1, 0.15) is 5.60 Å². The summed E-state index contributed by atoms with van der Waals surface area (Å²) in [6, 6.07) is 10.3. The fourth-order valence-corrected chi connectivity index (χ4v) is 2.28. The number of nitrogens with one attached hydrogen (secondary N) is 1. The number of nitrogens with zero attached hydrogens (tertiary/aromatic N) is 1. The minimum atomic E-state index is -0.466. The molecule has 0 saturated heterocycles. The monoisotopic (exact) mass is 301 g/mol. The second kappa shape index (κ2) is 6.34. The molecular formula is C18H25N2O2+. The minimum absolute atomic E-state index is 0.352. The molecule has 1 N–H and O–H groups in total. The largest absolute Gasteiger partial charge is 0.443 e. The van der Waals surface area contributed by atoms with Crippen LogP contribution in [0, 0.1) is 0 Å². The smallest absolute Gasteiger partial charge is 0.412 e. The highest BCUT2D eigenvalue weighted by Crippen LogP contribution is 2.23. The molecule has 1 aromatic carbocycles. The Morgan fingerprint density at radius 1 is 1.27 bits per heavy atom. The van der Waals surface area contributed by atoms with Crippen LogP contribution in [0.25, 0.3) is 10.9 Å². The lowest BCUT2D eigenvalue weighted by Crippen LogP contribution is -2.36. The molecular weight excluding hydrogens is 276 g/mol. The first-order valence-electron chi connectivity index (χ1n) is 7.77. The van der Waals surface area contributed by atoms with Gasteiger partial charge in [-0.05, 0) is 46.2 Å². The average Bonchev–Trinajstić information content (AvgIpc) is 2.46. The van der Waals surface area contributed by atoms with Crippen molar-refractivity contribution in [2.45, 2.75) is 52.7 Å². The van der Waals surface area contributed by atoms with Crippen molar-refractivity contribution in [1.29, 1.82) is 0 Å². The van der Waals surface area contributed by atoms with E-state index in [1.54, 1.807) is 0 Å². The molecule has 1 heterocycles. The molecule has 22 heavy (non-hydrogen) atoms. The number of ether oxygens (including phenoxy) is 1. The molecule has 1 aromatic heterocycles. The molecule has 4 nitrogen and oxygen atoms in total. The maximum atomic E-state index is 12.1. The van der Waals surface area contributed by atoms with Crippen molar-refractivity contribution >= 4 is 22.7 Å². The van der Waals surface area contributed by atoms with Gasteiger partial charge in [-0.15, -0.1) is 0 Å². The van der Waals surface area contributed by atoms with Crippen LogP contribution in [0.2, 0.25) is 0 Å². The number of anilines is 1. The Hall–Kier alpha value is -2.10. The number of aromatic nitrogens is 1. The summed E-state index contributed by atoms with van der Waals surface area (Å²) in [5.41, 5.74) is 1.39. The number of hydrogen-bond donors (Lipinski definition) is 1. The maximum Gasteiger partial charge on any atom is 0.412 e. The number of amides is 1. The van der Waals surface area contributed by atoms with Gasteiger partial charge in [0.25, 0.3) is 0 Å². The normalized spacial score (nSPS) is 11.7. The summed E-state index contributed by atoms with van der Waals surface area (Å²) in [6.07, 6.45) is 2.40. The van der Waals surface area contributed by atoms with E-state index in [1.807, 2.05) is 45.0 Å². The zero-order valence-corrected chi connectivity index (χ0v) is 14.0. The van der Waals surface area contributed by atoms with Crippen molar-refractivity contribution in [2.75, 3.05) is 5.32 Å². The van der Waals surface area contributed by atoms with E-state index in [9.17, 15) is 4.79 Å². The van der Waals surface area contributed by atoms with E-state index in [4.69, 9.17) is 4.74 Å². The standard InChI is InChI=1S/C18H24N2O2/c1-6-18(4,5)22-17(21)19-15-10-7-11-16-14(15)9-8-12-20(16)13(2)3/h7-13H,6H2,1-5H3/p+1. The van der Waals surface area contributed by atoms with Crippen LogP contribution in [0.5, 0.6) is 0 Å². The summed E-state index contributed by atoms with van der Waals surface area (Å²) in [5, 5.41) is 3.87. The van der Waals surface area contributed by atoms with Gasteiger partial charge in [-0.25, -0.2) is 4.79 Å². The van der Waals surface area contributed by atoms with E-state index in [0.29, 0.717) is 6.04 Å². The molecule has 0 aliphatic rings. The van der Waals surface area contributed by atoms with Crippen LogP contribution in [-0.2, 0) is 4.74 Å². The quantitative estimate of drug-likeness (QED) is 0.848. The van der Waals surface area contributed by atoms with Crippen molar-refractivity contribution in [3.05, 3.63) is 36.5 Å². The topological polar surface area (TPSA) is 42.2 Å². The SMILES string of the molecule is CCC(C)(C)OC(=O)Nc1cccc2c1ccc[n+]2C(C)C. The Morgan fingerprint density at radius 3 is 2.64 bits per heavy atom. The Bertz CT molecular complexity index is 678. The van der Waals surface area contributed by atoms with E-state index in [2.05, 4.69) is 36.0 Å². The predicted molar refractivity (Wildman–Crippen MR) is 89.0 cm³/mol. The molecule has 0 atom stereocenters. The lowest BCUT2D eigenvalue weighted by molar-refractivity contribution is -0.691. The van der Waals surface area contributed by atoms with Gasteiger partial charge in [-0.2, -0.15) is 4.57 Å². The zero-order chi connectivity index (χ0) is 16.3. The van der Waals surface area contributed by atoms with Crippen LogP contribution in [0.15, 0.2) is 36.5 Å². The summed E-state index contributed by atoms with van der Waals surface area (Å²) in [6.45, 7) is 10.1. The Balaban J connectivity index is 2.33. The van der Waals surface area contributed by atoms with Crippen LogP contribution < -0.4 is 9.88 Å². The van der Waals surface area contributed by atoms with Gasteiger partial charge < -0.3 is 4.74 Å². The first-order valence-corrected chi connectivity index (χ1v) is 7.77. The summed E-state index contributed by atoms with van der Waals surface area (Å²) in [4.78, 5) is 12.1. The third-order valence-electron chi connectivity index (χ3n) is 3.88. The molecule has 0 bridgehead atoms. The number of fused-ring (bicyclic) bond motifs is 1. The summed E-state index contributed by atoms with van der Waals surface area (Å²) in [7, 11) is 0. The molecule has 0 aliphatic carbocycles. The highest BCUT2D eigenvalue weighted by atomic mass is 16.6. The molecule has 118 valence electrons. The first-order chi connectivity index (χ1) is 10.3. The molecule has 0 unspecified atom stereocenters. The van der Waals surface area contributed by atoms with Crippen molar-refractivity contribution in [2.24, 2.45) is 0 Å². The molecule has 2 rings (SSSR count). The van der Waals surface area contributed by atoms with Gasteiger partial charge in [0.15, 0.2) is 12.2 Å². The highest BCUT2D eigenvalue weighted by molar-refractivity contribution is 5.97. The van der Waals surface area contributed by atoms with Crippen LogP contribution in [0.3, 0.4) is 0 Å². The summed E-state index contributed by atoms with van der Waals surface area (Å²) in [5.74, 6) is 0. The number of hydrogen-bond acceptors (Lipinski definition) is 2. The molecule has 2 aromatic rings. The van der Waals surface area contributed by atoms with Crippen molar-refractivity contribution in [1.82, 2.24) is 0 Å². The molecule has 0 radical (unpaired) electrons. The Labute approximate surface area is 132 Å². The number of rotatable bonds is 4. The summed E-state index contributed by atoms with van der Waals surface area (Å²) < 4.78 is 7.64. The van der Waals surface area contributed by atoms with Gasteiger partial charge >= 0.3 is 6.09 Å². The van der Waals surface area contributed by atoms with E-state index < -0.39 is 11.7 Å². The van der Waals surface area contributed by atoms with Gasteiger partial charge in [0, 0.05) is 12.1 Å². The second-order valence-corrected chi connectivity index (χ2v) is 6.38. The molecule has 0 saturated carbocycles. The predicted octanol–water partition coefficient (Wildman–Crippen LogP) is 4.45. The Kier molecular flexibility index (Phi) is 4.69. The lowest BCUT2D eigenvalue weighted by Gasteiger charge is -2.23. The fourth-order valence-electron chi connectivity index (χ4n) is 2.28. The van der Waals surface area contributed by atoms with E-state index >= 15 is 0 Å². The molecule has 1 amide bonds. The number of benzene rings is 1. The van der Waals surface area contributed by atoms with Crippen molar-refractivity contribution in [3.8, 4) is 0 Å². The van der Waals surface area contributed by atoms with E-state index in [0.717, 1.165) is 23.0 Å². The van der Waals surface area contributed by atoms with Gasteiger partial charge in [0.05, 0.1) is 11.1 Å². The van der Waals surface area contributed by atoms with Crippen LogP contribution in [-0.4, -0.2) is 11.7 Å². The van der Waals surface area contributed by atoms with Gasteiger partial charge in [-0.1, -0.05) is 13.0 Å². The molecule has 4 heteroatoms. The van der Waals surface area contributed by atoms with Gasteiger partial charge in [-0.3, -0.25) is 5.32 Å². The van der Waals surface area contributed by atoms with Crippen LogP contribution in [0.1, 0.15) is 47.1 Å². The fraction of sp³-hybridized carbons (Fsp3) is 0.444. The first kappa shape index (κ1) is 16.3. The van der Waals surface area contributed by atoms with Crippen LogP contribution in [0.4, 0.5) is 10.5 Å². The van der Waals surface area contributed by atoms with E-state index in [-0.39, 0.29) is 0 Å². The van der Waals surface area contributed by atoms with E-state index in [1.165, 1.54) is 0 Å². The molecule has 0 spiro atoms. The third kappa shape index (κ3) is 3.56. The zero-order valence-electron chi connectivity index (χ0n) is 14.0. The lowest BCUT2D eigenvalue weighted by atomic mass is 10.1. The number of carbonyl (C=O) groups excluding carboxylic acids is 1. The molecule has 0 aliphatic heterocycles. The van der Waals surface area contributed by atoms with Crippen molar-refractivity contribution < 1.29 is 14.1 Å². The average molecular weight is 301 g/mol. The Morgan fingerprint density at radius 2 is 2.00 bits per heavy atom. The molecule has 0 fully saturated rings. The second-order valence-electron chi connectivity index (χ2n) is 6.38. The minimum Gasteiger partial charge on any atom is -0.443 e. The van der Waals surface area contributed by atoms with Gasteiger partial charge in [0.2, 0.25) is 5.52 Å². The third-order valence-corrected chi connectivity index (χ3v) is 3.88. The highest BCUT2D eigenvalue weighted by Gasteiger charge is 2.21. The summed E-state index contributed by atoms with van der Waals surface area (Å²) >= 11 is 0. The van der Waals surface area contributed by atoms with Crippen molar-refractivity contribution in [3.63, 3.8) is 0 Å². The number of pyridine rings is 1. The number of carbonyl (C=O) groups is 1.